The molecule has 0 amide bonds. The Hall–Kier alpha value is -1.67. The van der Waals surface area contributed by atoms with Gasteiger partial charge in [0, 0.05) is 39.3 Å². The fraction of sp³-hybridized carbons (Fsp3) is 0.893. The Morgan fingerprint density at radius 1 is 0.787 bits per heavy atom. The van der Waals surface area contributed by atoms with Crippen molar-refractivity contribution in [3.05, 3.63) is 24.3 Å². The van der Waals surface area contributed by atoms with Crippen LogP contribution in [0.1, 0.15) is 135 Å². The lowest BCUT2D eigenvalue weighted by atomic mass is 9.82. The minimum Gasteiger partial charge on any atom is -0.462 e. The molecule has 0 spiro atoms. The van der Waals surface area contributed by atoms with E-state index >= 15 is 0 Å². The monoisotopic (exact) mass is 1100 g/mol. The van der Waals surface area contributed by atoms with Gasteiger partial charge in [-0.3, -0.25) is 9.59 Å². The lowest BCUT2D eigenvalue weighted by molar-refractivity contribution is -0.343. The quantitative estimate of drug-likeness (QED) is 0.124. The molecule has 0 aromatic carbocycles. The van der Waals surface area contributed by atoms with E-state index in [0.29, 0.717) is 19.3 Å². The molecule has 19 heteroatoms. The van der Waals surface area contributed by atoms with Gasteiger partial charge in [0.1, 0.15) is 24.6 Å². The maximum absolute atomic E-state index is 14.0. The second-order valence-corrected chi connectivity index (χ2v) is 35.4. The molecule has 0 saturated carbocycles. The van der Waals surface area contributed by atoms with Crippen molar-refractivity contribution < 1.29 is 70.9 Å². The number of rotatable bonds is 14. The molecule has 20 unspecified atom stereocenters. The Kier molecular flexibility index (Phi) is 22.5. The summed E-state index contributed by atoms with van der Waals surface area (Å²) in [6.45, 7) is 34.9. The Morgan fingerprint density at radius 3 is 2.00 bits per heavy atom. The van der Waals surface area contributed by atoms with Crippen molar-refractivity contribution >= 4 is 28.6 Å². The lowest BCUT2D eigenvalue weighted by Crippen LogP contribution is -2.67. The Labute approximate surface area is 453 Å². The average Bonchev–Trinajstić information content (AvgIpc) is 3.38. The van der Waals surface area contributed by atoms with Gasteiger partial charge in [-0.15, -0.1) is 0 Å². The fourth-order valence-electron chi connectivity index (χ4n) is 10.9. The van der Waals surface area contributed by atoms with Crippen molar-refractivity contribution in [3.8, 4) is 0 Å². The summed E-state index contributed by atoms with van der Waals surface area (Å²) < 4.78 is 81.0. The number of ether oxygens (including phenoxy) is 10. The van der Waals surface area contributed by atoms with E-state index in [2.05, 4.69) is 93.0 Å². The Balaban J connectivity index is 1.57. The molecule has 4 fully saturated rings. The van der Waals surface area contributed by atoms with Crippen LogP contribution in [0.5, 0.6) is 0 Å². The molecule has 0 radical (unpaired) electrons. The van der Waals surface area contributed by atoms with Crippen LogP contribution in [0, 0.1) is 11.8 Å². The summed E-state index contributed by atoms with van der Waals surface area (Å²) in [6, 6.07) is -0.401. The summed E-state index contributed by atoms with van der Waals surface area (Å²) in [5, 5.41) is 15.2. The molecule has 17 nitrogen and oxygen atoms in total. The number of esters is 2. The molecule has 2 N–H and O–H groups in total. The first kappa shape index (κ1) is 64.2. The summed E-state index contributed by atoms with van der Waals surface area (Å²) in [6.07, 6.45) is 1.04. The number of allylic oxidation sites excluding steroid dienone is 2. The number of likely N-dealkylation sites (N-methyl/N-ethyl adjacent to an activating group) is 2. The summed E-state index contributed by atoms with van der Waals surface area (Å²) in [7, 11) is 2.56. The number of carbonyl (C=O) groups excluding carboxylic acids is 2. The van der Waals surface area contributed by atoms with Gasteiger partial charge in [0.25, 0.3) is 0 Å². The predicted molar refractivity (Wildman–Crippen MR) is 293 cm³/mol. The van der Waals surface area contributed by atoms with Gasteiger partial charge in [-0.2, -0.15) is 0 Å². The van der Waals surface area contributed by atoms with E-state index in [9.17, 15) is 14.7 Å². The highest BCUT2D eigenvalue weighted by Crippen LogP contribution is 2.45. The van der Waals surface area contributed by atoms with Crippen molar-refractivity contribution in [2.45, 2.75) is 281 Å². The summed E-state index contributed by atoms with van der Waals surface area (Å²) in [5.74, 6) is -1.45. The highest BCUT2D eigenvalue weighted by molar-refractivity contribution is 6.74. The molecular formula is C56H102N2O15Si2. The fourth-order valence-corrected chi connectivity index (χ4v) is 13.5. The van der Waals surface area contributed by atoms with Crippen molar-refractivity contribution in [3.63, 3.8) is 0 Å². The lowest BCUT2D eigenvalue weighted by Gasteiger charge is -2.52. The van der Waals surface area contributed by atoms with Gasteiger partial charge in [0.2, 0.25) is 0 Å². The molecular weight excluding hydrogens is 997 g/mol. The molecule has 5 heterocycles. The minimum atomic E-state index is -2.50. The van der Waals surface area contributed by atoms with Gasteiger partial charge in [0.15, 0.2) is 41.6 Å². The largest absolute Gasteiger partial charge is 0.462 e. The number of methoxy groups -OCH3 is 1. The molecule has 75 heavy (non-hydrogen) atoms. The zero-order chi connectivity index (χ0) is 56.2. The van der Waals surface area contributed by atoms with E-state index in [0.717, 1.165) is 12.8 Å². The number of cyclic esters (lactones) is 1. The molecule has 0 aliphatic carbocycles. The first-order valence-corrected chi connectivity index (χ1v) is 33.7. The zero-order valence-electron chi connectivity index (χ0n) is 49.8. The van der Waals surface area contributed by atoms with E-state index in [1.807, 2.05) is 65.0 Å². The molecule has 20 atom stereocenters. The number of nitrogens with zero attached hydrogens (tertiary/aromatic N) is 1. The topological polar surface area (TPSA) is 180 Å². The smallest absolute Gasteiger partial charge is 0.308 e. The predicted octanol–water partition coefficient (Wildman–Crippen LogP) is 8.77. The third-order valence-corrected chi connectivity index (χ3v) is 26.1. The highest BCUT2D eigenvalue weighted by atomic mass is 28.4. The van der Waals surface area contributed by atoms with Crippen molar-refractivity contribution in [1.29, 1.82) is 0 Å². The average molecular weight is 1100 g/mol. The van der Waals surface area contributed by atoms with E-state index in [1.54, 1.807) is 14.0 Å². The van der Waals surface area contributed by atoms with Gasteiger partial charge in [-0.1, -0.05) is 72.8 Å². The molecule has 0 aromatic rings. The minimum absolute atomic E-state index is 0.0419. The van der Waals surface area contributed by atoms with Crippen molar-refractivity contribution in [2.75, 3.05) is 28.3 Å². The number of aliphatic hydroxyl groups is 1. The third kappa shape index (κ3) is 16.7. The molecule has 0 aromatic heterocycles. The SMILES string of the molecule is CNC1CCC(OC2C=CC=CCC(C)OC(=O)CC3OC(O[Si](C)(C)C(C)(C)C)CC(CC2C)C(OC2OC(C)C(OC4CC(C)(O)C(O[Si](C)(C)C(C)(C)C)C(C)O4)C(N(C)C)C2OC(C)=O)C3OC)OC1C. The molecule has 2 bridgehead atoms. The number of fused-ring (bicyclic) bond motifs is 3. The molecule has 5 aliphatic heterocycles. The van der Waals surface area contributed by atoms with Crippen LogP contribution in [0.2, 0.25) is 36.3 Å². The Morgan fingerprint density at radius 2 is 1.43 bits per heavy atom. The van der Waals surface area contributed by atoms with Crippen LogP contribution in [0.4, 0.5) is 0 Å². The standard InChI is InChI=1S/C56H102N2O15Si2/c1-33-29-39-30-45(72-74(18,19)54(7,8)9)69-42(31-43(60)63-34(2)25-23-22-24-26-41(33)68-44-28-27-40(57-14)35(3)64-44)50(62-17)49(39)71-53-51(67-38(6)59)47(58(15)16)48(36(4)66-53)70-46-32-56(13,61)52(37(5)65-46)73-75(20,21)55(10,11)12/h22-24,26,33-37,39-42,44-53,57,61H,25,27-32H2,1-21H3. The molecule has 4 saturated heterocycles. The van der Waals surface area contributed by atoms with Crippen LogP contribution < -0.4 is 5.32 Å². The highest BCUT2D eigenvalue weighted by Gasteiger charge is 2.56. The second-order valence-electron chi connectivity index (χ2n) is 25.9. The maximum atomic E-state index is 14.0. The van der Waals surface area contributed by atoms with Crippen LogP contribution in [-0.2, 0) is 65.8 Å². The van der Waals surface area contributed by atoms with E-state index in [1.165, 1.54) is 6.92 Å². The van der Waals surface area contributed by atoms with Crippen LogP contribution in [0.25, 0.3) is 0 Å². The van der Waals surface area contributed by atoms with E-state index in [4.69, 9.17) is 56.2 Å². The van der Waals surface area contributed by atoms with Gasteiger partial charge < -0.3 is 71.5 Å². The van der Waals surface area contributed by atoms with Crippen molar-refractivity contribution in [1.82, 2.24) is 10.2 Å². The molecule has 5 aliphatic rings. The van der Waals surface area contributed by atoms with Crippen LogP contribution >= 0.6 is 0 Å². The maximum Gasteiger partial charge on any atom is 0.308 e. The van der Waals surface area contributed by atoms with Crippen molar-refractivity contribution in [2.24, 2.45) is 11.8 Å². The first-order chi connectivity index (χ1) is 34.7. The summed E-state index contributed by atoms with van der Waals surface area (Å²) >= 11 is 0. The van der Waals surface area contributed by atoms with E-state index < -0.39 is 120 Å². The number of hydrogen-bond acceptors (Lipinski definition) is 17. The van der Waals surface area contributed by atoms with Crippen LogP contribution in [0.15, 0.2) is 24.3 Å². The normalized spacial score (nSPS) is 40.3. The summed E-state index contributed by atoms with van der Waals surface area (Å²) in [5.41, 5.74) is -1.29. The molecule has 5 rings (SSSR count). The number of hydrogen-bond donors (Lipinski definition) is 2. The number of nitrogens with one attached hydrogen (secondary N) is 1. The first-order valence-electron chi connectivity index (χ1n) is 27.9. The van der Waals surface area contributed by atoms with Gasteiger partial charge >= 0.3 is 11.9 Å². The van der Waals surface area contributed by atoms with Crippen LogP contribution in [-0.4, -0.2) is 177 Å². The van der Waals surface area contributed by atoms with Crippen LogP contribution in [0.3, 0.4) is 0 Å². The van der Waals surface area contributed by atoms with E-state index in [-0.39, 0.29) is 53.0 Å². The third-order valence-electron chi connectivity index (χ3n) is 17.2. The number of carbonyl (C=O) groups is 2. The summed E-state index contributed by atoms with van der Waals surface area (Å²) in [4.78, 5) is 29.3. The van der Waals surface area contributed by atoms with Gasteiger partial charge in [0.05, 0.1) is 60.8 Å². The second kappa shape index (κ2) is 26.3. The molecule has 434 valence electrons. The Bertz CT molecular complexity index is 1890. The zero-order valence-corrected chi connectivity index (χ0v) is 51.8. The van der Waals surface area contributed by atoms with Gasteiger partial charge in [-0.25, -0.2) is 0 Å². The van der Waals surface area contributed by atoms with Gasteiger partial charge in [-0.05, 0) is 123 Å².